The molecule has 0 saturated carbocycles. The minimum Gasteiger partial charge on any atom is -0.399 e. The Morgan fingerprint density at radius 2 is 1.90 bits per heavy atom. The zero-order chi connectivity index (χ0) is 14.1. The molecule has 4 heteroatoms. The van der Waals surface area contributed by atoms with Gasteiger partial charge in [-0.2, -0.15) is 0 Å². The third kappa shape index (κ3) is 2.80. The van der Waals surface area contributed by atoms with Crippen molar-refractivity contribution in [1.29, 1.82) is 0 Å². The summed E-state index contributed by atoms with van der Waals surface area (Å²) in [5, 5.41) is 0. The molecule has 2 saturated heterocycles. The maximum atomic E-state index is 12.4. The molecule has 0 spiro atoms. The number of carbonyl (C=O) groups excluding carboxylic acids is 1. The second-order valence-corrected chi connectivity index (χ2v) is 6.03. The number of hydrogen-bond acceptors (Lipinski definition) is 3. The lowest BCUT2D eigenvalue weighted by atomic mass is 9.97. The van der Waals surface area contributed by atoms with Crippen LogP contribution in [0.5, 0.6) is 0 Å². The van der Waals surface area contributed by atoms with Crippen LogP contribution in [-0.4, -0.2) is 36.1 Å². The molecular weight excluding hydrogens is 252 g/mol. The van der Waals surface area contributed by atoms with Crippen molar-refractivity contribution in [2.45, 2.75) is 44.3 Å². The molecule has 1 amide bonds. The number of rotatable bonds is 3. The molecule has 2 N–H and O–H groups in total. The highest BCUT2D eigenvalue weighted by Crippen LogP contribution is 2.28. The Morgan fingerprint density at radius 3 is 2.50 bits per heavy atom. The van der Waals surface area contributed by atoms with E-state index in [2.05, 4.69) is 6.92 Å². The molecule has 2 bridgehead atoms. The molecule has 2 fully saturated rings. The first-order chi connectivity index (χ1) is 9.61. The van der Waals surface area contributed by atoms with E-state index in [-0.39, 0.29) is 24.0 Å². The molecule has 3 atom stereocenters. The third-order valence-electron chi connectivity index (χ3n) is 4.38. The Hall–Kier alpha value is -1.55. The zero-order valence-corrected chi connectivity index (χ0v) is 11.9. The summed E-state index contributed by atoms with van der Waals surface area (Å²) in [6, 6.07) is 7.81. The van der Waals surface area contributed by atoms with Gasteiger partial charge in [-0.25, -0.2) is 0 Å². The number of anilines is 1. The Kier molecular flexibility index (Phi) is 3.66. The van der Waals surface area contributed by atoms with Gasteiger partial charge in [-0.15, -0.1) is 0 Å². The maximum absolute atomic E-state index is 12.4. The summed E-state index contributed by atoms with van der Waals surface area (Å²) >= 11 is 0. The van der Waals surface area contributed by atoms with Crippen LogP contribution < -0.4 is 5.73 Å². The van der Waals surface area contributed by atoms with Crippen molar-refractivity contribution in [3.63, 3.8) is 0 Å². The van der Waals surface area contributed by atoms with E-state index < -0.39 is 0 Å². The first-order valence-electron chi connectivity index (χ1n) is 7.40. The third-order valence-corrected chi connectivity index (χ3v) is 4.38. The fraction of sp³-hybridized carbons (Fsp3) is 0.562. The van der Waals surface area contributed by atoms with Crippen molar-refractivity contribution >= 4 is 11.6 Å². The number of morpholine rings is 1. The van der Waals surface area contributed by atoms with Gasteiger partial charge in [0, 0.05) is 25.2 Å². The second kappa shape index (κ2) is 5.44. The summed E-state index contributed by atoms with van der Waals surface area (Å²) in [5.41, 5.74) is 7.62. The van der Waals surface area contributed by atoms with E-state index in [0.29, 0.717) is 6.42 Å². The molecule has 2 aliphatic rings. The second-order valence-electron chi connectivity index (χ2n) is 6.03. The zero-order valence-electron chi connectivity index (χ0n) is 11.9. The highest BCUT2D eigenvalue weighted by molar-refractivity contribution is 5.77. The fourth-order valence-corrected chi connectivity index (χ4v) is 3.15. The molecule has 1 aromatic carbocycles. The van der Waals surface area contributed by atoms with Crippen LogP contribution in [0.3, 0.4) is 0 Å². The lowest BCUT2D eigenvalue weighted by molar-refractivity contribution is -0.140. The van der Waals surface area contributed by atoms with Crippen LogP contribution in [0, 0.1) is 0 Å². The molecule has 0 aliphatic carbocycles. The van der Waals surface area contributed by atoms with Crippen molar-refractivity contribution in [2.75, 3.05) is 18.8 Å². The number of amides is 1. The minimum atomic E-state index is 0.226. The predicted molar refractivity (Wildman–Crippen MR) is 78.4 cm³/mol. The quantitative estimate of drug-likeness (QED) is 0.859. The average Bonchev–Trinajstić information content (AvgIpc) is 2.78. The van der Waals surface area contributed by atoms with Gasteiger partial charge in [0.1, 0.15) is 0 Å². The number of nitrogen functional groups attached to an aromatic ring is 1. The van der Waals surface area contributed by atoms with Gasteiger partial charge < -0.3 is 15.4 Å². The highest BCUT2D eigenvalue weighted by atomic mass is 16.5. The van der Waals surface area contributed by atoms with Crippen LogP contribution >= 0.6 is 0 Å². The number of fused-ring (bicyclic) bond motifs is 2. The normalized spacial score (nSPS) is 26.6. The molecule has 0 aromatic heterocycles. The number of benzene rings is 1. The molecule has 3 unspecified atom stereocenters. The van der Waals surface area contributed by atoms with Crippen molar-refractivity contribution in [3.8, 4) is 0 Å². The molecular formula is C16H22N2O2. The van der Waals surface area contributed by atoms with E-state index in [0.717, 1.165) is 31.6 Å². The molecule has 4 nitrogen and oxygen atoms in total. The van der Waals surface area contributed by atoms with Crippen LogP contribution in [0.2, 0.25) is 0 Å². The highest BCUT2D eigenvalue weighted by Gasteiger charge is 2.35. The SMILES string of the molecule is CC(CC(=O)N1CC2CCC(C1)O2)c1ccc(N)cc1. The number of likely N-dealkylation sites (tertiary alicyclic amines) is 1. The molecule has 2 heterocycles. The molecule has 0 radical (unpaired) electrons. The van der Waals surface area contributed by atoms with E-state index in [4.69, 9.17) is 10.5 Å². The Balaban J connectivity index is 1.59. The monoisotopic (exact) mass is 274 g/mol. The largest absolute Gasteiger partial charge is 0.399 e. The fourth-order valence-electron chi connectivity index (χ4n) is 3.15. The van der Waals surface area contributed by atoms with Crippen LogP contribution in [0.25, 0.3) is 0 Å². The molecule has 2 aliphatic heterocycles. The topological polar surface area (TPSA) is 55.6 Å². The molecule has 1 aromatic rings. The van der Waals surface area contributed by atoms with Gasteiger partial charge in [-0.3, -0.25) is 4.79 Å². The molecule has 108 valence electrons. The number of carbonyl (C=O) groups is 1. The first kappa shape index (κ1) is 13.4. The Bertz CT molecular complexity index is 474. The Morgan fingerprint density at radius 1 is 1.30 bits per heavy atom. The summed E-state index contributed by atoms with van der Waals surface area (Å²) in [7, 11) is 0. The van der Waals surface area contributed by atoms with Crippen LogP contribution in [0.4, 0.5) is 5.69 Å². The standard InChI is InChI=1S/C16H22N2O2/c1-11(12-2-4-13(17)5-3-12)8-16(19)18-9-14-6-7-15(10-18)20-14/h2-5,11,14-15H,6-10,17H2,1H3. The van der Waals surface area contributed by atoms with Crippen LogP contribution in [0.1, 0.15) is 37.7 Å². The van der Waals surface area contributed by atoms with Gasteiger partial charge in [0.2, 0.25) is 5.91 Å². The smallest absolute Gasteiger partial charge is 0.223 e. The number of ether oxygens (including phenoxy) is 1. The summed E-state index contributed by atoms with van der Waals surface area (Å²) in [6.07, 6.45) is 3.29. The number of hydrogen-bond donors (Lipinski definition) is 1. The lowest BCUT2D eigenvalue weighted by Crippen LogP contribution is -2.46. The van der Waals surface area contributed by atoms with Crippen molar-refractivity contribution in [2.24, 2.45) is 0 Å². The maximum Gasteiger partial charge on any atom is 0.223 e. The predicted octanol–water partition coefficient (Wildman–Crippen LogP) is 2.15. The summed E-state index contributed by atoms with van der Waals surface area (Å²) in [6.45, 7) is 3.63. The minimum absolute atomic E-state index is 0.226. The number of nitrogens with two attached hydrogens (primary N) is 1. The van der Waals surface area contributed by atoms with Gasteiger partial charge >= 0.3 is 0 Å². The van der Waals surface area contributed by atoms with Crippen molar-refractivity contribution < 1.29 is 9.53 Å². The molecule has 3 rings (SSSR count). The average molecular weight is 274 g/mol. The molecule has 20 heavy (non-hydrogen) atoms. The lowest BCUT2D eigenvalue weighted by Gasteiger charge is -2.32. The van der Waals surface area contributed by atoms with Crippen molar-refractivity contribution in [3.05, 3.63) is 29.8 Å². The van der Waals surface area contributed by atoms with E-state index in [1.54, 1.807) is 0 Å². The van der Waals surface area contributed by atoms with E-state index in [1.165, 1.54) is 5.56 Å². The summed E-state index contributed by atoms with van der Waals surface area (Å²) in [4.78, 5) is 14.4. The van der Waals surface area contributed by atoms with Crippen LogP contribution in [-0.2, 0) is 9.53 Å². The van der Waals surface area contributed by atoms with Gasteiger partial charge in [0.05, 0.1) is 12.2 Å². The van der Waals surface area contributed by atoms with Crippen LogP contribution in [0.15, 0.2) is 24.3 Å². The van der Waals surface area contributed by atoms with Gasteiger partial charge in [-0.05, 0) is 36.5 Å². The van der Waals surface area contributed by atoms with Gasteiger partial charge in [-0.1, -0.05) is 19.1 Å². The van der Waals surface area contributed by atoms with Gasteiger partial charge in [0.25, 0.3) is 0 Å². The summed E-state index contributed by atoms with van der Waals surface area (Å²) in [5.74, 6) is 0.470. The van der Waals surface area contributed by atoms with E-state index in [9.17, 15) is 4.79 Å². The van der Waals surface area contributed by atoms with E-state index >= 15 is 0 Å². The van der Waals surface area contributed by atoms with E-state index in [1.807, 2.05) is 29.2 Å². The van der Waals surface area contributed by atoms with Crippen molar-refractivity contribution in [1.82, 2.24) is 4.90 Å². The first-order valence-corrected chi connectivity index (χ1v) is 7.40. The Labute approximate surface area is 119 Å². The number of nitrogens with zero attached hydrogens (tertiary/aromatic N) is 1. The van der Waals surface area contributed by atoms with Gasteiger partial charge in [0.15, 0.2) is 0 Å². The summed E-state index contributed by atoms with van der Waals surface area (Å²) < 4.78 is 5.77.